The van der Waals surface area contributed by atoms with Gasteiger partial charge in [0.1, 0.15) is 6.10 Å². The van der Waals surface area contributed by atoms with Gasteiger partial charge in [-0.15, -0.1) is 4.98 Å². The smallest absolute Gasteiger partial charge is 0.324 e. The Morgan fingerprint density at radius 2 is 1.85 bits per heavy atom. The van der Waals surface area contributed by atoms with Crippen LogP contribution in [-0.4, -0.2) is 27.7 Å². The maximum atomic E-state index is 5.88. The number of halogens is 1. The molecule has 0 amide bonds. The summed E-state index contributed by atoms with van der Waals surface area (Å²) in [6.45, 7) is 7.12. The average Bonchev–Trinajstić information content (AvgIpc) is 2.40. The van der Waals surface area contributed by atoms with Crippen molar-refractivity contribution in [3.8, 4) is 12.0 Å². The van der Waals surface area contributed by atoms with Crippen LogP contribution in [0, 0.1) is 11.8 Å². The normalized spacial score (nSPS) is 26.3. The summed E-state index contributed by atoms with van der Waals surface area (Å²) in [7, 11) is 0. The van der Waals surface area contributed by atoms with Crippen molar-refractivity contribution in [3.63, 3.8) is 0 Å². The zero-order valence-corrected chi connectivity index (χ0v) is 13.1. The highest BCUT2D eigenvalue weighted by Gasteiger charge is 2.26. The SMILES string of the molecule is CCCOc1nc(Cl)nc(OC2CCC(C)C(C)C2)n1. The van der Waals surface area contributed by atoms with Gasteiger partial charge in [-0.3, -0.25) is 0 Å². The van der Waals surface area contributed by atoms with Crippen molar-refractivity contribution in [1.29, 1.82) is 0 Å². The van der Waals surface area contributed by atoms with Crippen LogP contribution in [0.25, 0.3) is 0 Å². The lowest BCUT2D eigenvalue weighted by Crippen LogP contribution is -2.29. The van der Waals surface area contributed by atoms with Crippen LogP contribution in [0.4, 0.5) is 0 Å². The third kappa shape index (κ3) is 4.20. The predicted molar refractivity (Wildman–Crippen MR) is 77.2 cm³/mol. The average molecular weight is 300 g/mol. The maximum absolute atomic E-state index is 5.88. The van der Waals surface area contributed by atoms with Crippen LogP contribution >= 0.6 is 11.6 Å². The van der Waals surface area contributed by atoms with E-state index in [0.717, 1.165) is 25.2 Å². The number of hydrogen-bond acceptors (Lipinski definition) is 5. The van der Waals surface area contributed by atoms with E-state index in [9.17, 15) is 0 Å². The minimum Gasteiger partial charge on any atom is -0.463 e. The summed E-state index contributed by atoms with van der Waals surface area (Å²) in [6, 6.07) is 0.502. The van der Waals surface area contributed by atoms with Gasteiger partial charge in [-0.25, -0.2) is 0 Å². The molecule has 1 aliphatic rings. The lowest BCUT2D eigenvalue weighted by molar-refractivity contribution is 0.0904. The Kier molecular flexibility index (Phi) is 5.40. The van der Waals surface area contributed by atoms with E-state index in [4.69, 9.17) is 21.1 Å². The second kappa shape index (κ2) is 7.07. The van der Waals surface area contributed by atoms with Crippen LogP contribution in [0.1, 0.15) is 46.5 Å². The molecule has 5 nitrogen and oxygen atoms in total. The molecule has 1 aliphatic carbocycles. The predicted octanol–water partition coefficient (Wildman–Crippen LogP) is 3.52. The molecule has 1 aromatic heterocycles. The van der Waals surface area contributed by atoms with E-state index < -0.39 is 0 Å². The molecule has 1 fully saturated rings. The van der Waals surface area contributed by atoms with E-state index in [2.05, 4.69) is 28.8 Å². The molecule has 1 saturated carbocycles. The summed E-state index contributed by atoms with van der Waals surface area (Å²) >= 11 is 5.88. The molecule has 0 spiro atoms. The van der Waals surface area contributed by atoms with Gasteiger partial charge in [0, 0.05) is 0 Å². The molecule has 2 rings (SSSR count). The Hall–Kier alpha value is -1.10. The molecule has 1 heterocycles. The van der Waals surface area contributed by atoms with Gasteiger partial charge in [0.25, 0.3) is 0 Å². The van der Waals surface area contributed by atoms with Crippen molar-refractivity contribution in [2.24, 2.45) is 11.8 Å². The van der Waals surface area contributed by atoms with Crippen LogP contribution in [0.2, 0.25) is 5.28 Å². The first kappa shape index (κ1) is 15.3. The second-order valence-corrected chi connectivity index (χ2v) is 5.86. The minimum absolute atomic E-state index is 0.110. The van der Waals surface area contributed by atoms with E-state index >= 15 is 0 Å². The van der Waals surface area contributed by atoms with Crippen molar-refractivity contribution in [2.45, 2.75) is 52.6 Å². The third-order valence-electron chi connectivity index (χ3n) is 3.82. The van der Waals surface area contributed by atoms with E-state index in [-0.39, 0.29) is 23.4 Å². The molecule has 0 saturated heterocycles. The quantitative estimate of drug-likeness (QED) is 0.832. The lowest BCUT2D eigenvalue weighted by atomic mass is 9.80. The van der Waals surface area contributed by atoms with E-state index in [1.165, 1.54) is 6.42 Å². The Morgan fingerprint density at radius 3 is 2.55 bits per heavy atom. The van der Waals surface area contributed by atoms with Crippen molar-refractivity contribution in [1.82, 2.24) is 15.0 Å². The van der Waals surface area contributed by atoms with Crippen LogP contribution in [0.3, 0.4) is 0 Å². The third-order valence-corrected chi connectivity index (χ3v) is 3.99. The number of hydrogen-bond donors (Lipinski definition) is 0. The van der Waals surface area contributed by atoms with Gasteiger partial charge in [0.05, 0.1) is 6.61 Å². The Bertz CT molecular complexity index is 444. The Balaban J connectivity index is 1.99. The summed E-state index contributed by atoms with van der Waals surface area (Å²) in [6.07, 6.45) is 4.26. The van der Waals surface area contributed by atoms with E-state index in [0.29, 0.717) is 12.5 Å². The van der Waals surface area contributed by atoms with Crippen molar-refractivity contribution in [3.05, 3.63) is 5.28 Å². The molecule has 112 valence electrons. The van der Waals surface area contributed by atoms with E-state index in [1.807, 2.05) is 6.92 Å². The molecular formula is C14H22ClN3O2. The number of aromatic nitrogens is 3. The van der Waals surface area contributed by atoms with Crippen molar-refractivity contribution >= 4 is 11.6 Å². The molecule has 20 heavy (non-hydrogen) atoms. The van der Waals surface area contributed by atoms with Crippen LogP contribution < -0.4 is 9.47 Å². The van der Waals surface area contributed by atoms with Gasteiger partial charge >= 0.3 is 12.0 Å². The zero-order valence-electron chi connectivity index (χ0n) is 12.3. The summed E-state index contributed by atoms with van der Waals surface area (Å²) in [5.41, 5.74) is 0. The molecule has 6 heteroatoms. The molecule has 0 aliphatic heterocycles. The maximum Gasteiger partial charge on any atom is 0.324 e. The molecule has 1 aromatic rings. The first-order chi connectivity index (χ1) is 9.58. The Labute approximate surface area is 125 Å². The standard InChI is InChI=1S/C14H22ClN3O2/c1-4-7-19-13-16-12(15)17-14(18-13)20-11-6-5-9(2)10(3)8-11/h9-11H,4-8H2,1-3H3. The zero-order chi connectivity index (χ0) is 14.5. The molecule has 0 aromatic carbocycles. The van der Waals surface area contributed by atoms with Crippen molar-refractivity contribution in [2.75, 3.05) is 6.61 Å². The topological polar surface area (TPSA) is 57.1 Å². The summed E-state index contributed by atoms with van der Waals surface area (Å²) in [5.74, 6) is 1.40. The first-order valence-electron chi connectivity index (χ1n) is 7.29. The molecule has 3 atom stereocenters. The lowest BCUT2D eigenvalue weighted by Gasteiger charge is -2.31. The highest BCUT2D eigenvalue weighted by atomic mass is 35.5. The van der Waals surface area contributed by atoms with Crippen LogP contribution in [-0.2, 0) is 0 Å². The van der Waals surface area contributed by atoms with Gasteiger partial charge in [-0.05, 0) is 49.1 Å². The van der Waals surface area contributed by atoms with Gasteiger partial charge in [-0.2, -0.15) is 9.97 Å². The fourth-order valence-corrected chi connectivity index (χ4v) is 2.52. The molecule has 0 bridgehead atoms. The van der Waals surface area contributed by atoms with Gasteiger partial charge in [0.2, 0.25) is 5.28 Å². The number of ether oxygens (including phenoxy) is 2. The minimum atomic E-state index is 0.110. The van der Waals surface area contributed by atoms with Gasteiger partial charge in [0.15, 0.2) is 0 Å². The molecular weight excluding hydrogens is 278 g/mol. The highest BCUT2D eigenvalue weighted by molar-refractivity contribution is 6.28. The first-order valence-corrected chi connectivity index (χ1v) is 7.67. The van der Waals surface area contributed by atoms with Gasteiger partial charge < -0.3 is 9.47 Å². The number of nitrogens with zero attached hydrogens (tertiary/aromatic N) is 3. The molecule has 3 unspecified atom stereocenters. The number of rotatable bonds is 5. The van der Waals surface area contributed by atoms with Crippen LogP contribution in [0.5, 0.6) is 12.0 Å². The van der Waals surface area contributed by atoms with Gasteiger partial charge in [-0.1, -0.05) is 20.8 Å². The summed E-state index contributed by atoms with van der Waals surface area (Å²) in [4.78, 5) is 12.1. The highest BCUT2D eigenvalue weighted by Crippen LogP contribution is 2.31. The van der Waals surface area contributed by atoms with Crippen LogP contribution in [0.15, 0.2) is 0 Å². The summed E-state index contributed by atoms with van der Waals surface area (Å²) in [5, 5.41) is 0.110. The van der Waals surface area contributed by atoms with Crippen molar-refractivity contribution < 1.29 is 9.47 Å². The largest absolute Gasteiger partial charge is 0.463 e. The Morgan fingerprint density at radius 1 is 1.10 bits per heavy atom. The summed E-state index contributed by atoms with van der Waals surface area (Å²) < 4.78 is 11.2. The molecule has 0 N–H and O–H groups in total. The fraction of sp³-hybridized carbons (Fsp3) is 0.786. The molecule has 0 radical (unpaired) electrons. The second-order valence-electron chi connectivity index (χ2n) is 5.53. The fourth-order valence-electron chi connectivity index (χ4n) is 2.38. The monoisotopic (exact) mass is 299 g/mol. The van der Waals surface area contributed by atoms with E-state index in [1.54, 1.807) is 0 Å².